The van der Waals surface area contributed by atoms with Gasteiger partial charge >= 0.3 is 0 Å². The Kier molecular flexibility index (Phi) is 23.7. The van der Waals surface area contributed by atoms with E-state index in [2.05, 4.69) is 333 Å². The van der Waals surface area contributed by atoms with E-state index in [-0.39, 0.29) is 27.1 Å². The van der Waals surface area contributed by atoms with E-state index in [0.29, 0.717) is 59.2 Å². The van der Waals surface area contributed by atoms with Gasteiger partial charge in [0, 0.05) is 27.1 Å². The number of benzene rings is 10. The molecule has 0 bridgehead atoms. The Hall–Kier alpha value is -7.80. The predicted molar refractivity (Wildman–Crippen MR) is 500 cm³/mol. The van der Waals surface area contributed by atoms with Crippen LogP contribution in [-0.4, -0.2) is 0 Å². The van der Waals surface area contributed by atoms with E-state index in [1.54, 1.807) is 55.6 Å². The molecule has 0 N–H and O–H groups in total. The van der Waals surface area contributed by atoms with E-state index in [9.17, 15) is 0 Å². The summed E-state index contributed by atoms with van der Waals surface area (Å²) in [5.74, 6) is 5.80. The van der Waals surface area contributed by atoms with Gasteiger partial charge in [-0.05, 0) is 328 Å². The molecule has 0 saturated carbocycles. The summed E-state index contributed by atoms with van der Waals surface area (Å²) >= 11 is 0. The first-order chi connectivity index (χ1) is 55.5. The van der Waals surface area contributed by atoms with Gasteiger partial charge < -0.3 is 0 Å². The molecule has 0 radical (unpaired) electrons. The second-order valence-corrected chi connectivity index (χ2v) is 39.8. The average molecular weight is 1520 g/mol. The molecule has 10 aromatic carbocycles. The smallest absolute Gasteiger partial charge is 0.0220 e. The van der Waals surface area contributed by atoms with E-state index in [4.69, 9.17) is 0 Å². The number of fused-ring (bicyclic) bond motifs is 15. The maximum absolute atomic E-state index is 2.73. The van der Waals surface area contributed by atoms with Gasteiger partial charge in [0.05, 0.1) is 0 Å². The van der Waals surface area contributed by atoms with Crippen molar-refractivity contribution in [2.24, 2.45) is 59.2 Å². The fraction of sp³-hybridized carbons (Fsp3) is 0.478. The van der Waals surface area contributed by atoms with E-state index < -0.39 is 0 Å². The van der Waals surface area contributed by atoms with Crippen molar-refractivity contribution in [3.05, 3.63) is 250 Å². The van der Waals surface area contributed by atoms with Crippen LogP contribution in [0.1, 0.15) is 323 Å². The Labute approximate surface area is 698 Å². The molecular formula is C115H142. The van der Waals surface area contributed by atoms with E-state index in [1.165, 1.54) is 152 Å². The van der Waals surface area contributed by atoms with E-state index in [0.717, 1.165) is 77.0 Å². The van der Waals surface area contributed by atoms with E-state index >= 15 is 0 Å². The molecular weight excluding hydrogens is 1380 g/mol. The van der Waals surface area contributed by atoms with Crippen LogP contribution in [0.4, 0.5) is 0 Å². The summed E-state index contributed by atoms with van der Waals surface area (Å²) in [4.78, 5) is 0. The molecule has 0 fully saturated rings. The van der Waals surface area contributed by atoms with Gasteiger partial charge in [0.1, 0.15) is 0 Å². The molecule has 0 unspecified atom stereocenters. The van der Waals surface area contributed by atoms with Gasteiger partial charge in [-0.1, -0.05) is 348 Å². The molecule has 10 aromatic rings. The number of hydrogen-bond acceptors (Lipinski definition) is 0. The highest BCUT2D eigenvalue weighted by molar-refractivity contribution is 5.93. The van der Waals surface area contributed by atoms with Gasteiger partial charge in [-0.15, -0.1) is 0 Å². The van der Waals surface area contributed by atoms with Crippen LogP contribution in [0.25, 0.3) is 100 Å². The van der Waals surface area contributed by atoms with Crippen LogP contribution in [0, 0.1) is 59.2 Å². The van der Waals surface area contributed by atoms with Crippen molar-refractivity contribution in [2.75, 3.05) is 0 Å². The average Bonchev–Trinajstić information content (AvgIpc) is 1.57. The molecule has 0 saturated heterocycles. The Morgan fingerprint density at radius 3 is 0.417 bits per heavy atom. The lowest BCUT2D eigenvalue weighted by Gasteiger charge is -2.38. The largest absolute Gasteiger partial charge is 0.0651 e. The van der Waals surface area contributed by atoms with Crippen molar-refractivity contribution < 1.29 is 0 Å². The standard InChI is InChI=1S/C115H142/c1-21-73(11)63-111(64-74(12)22-2)101-37-33-31-35-91(101)93-47-39-83(55-103(93)111)85-41-49-95-97-51-43-87(59-107(97)113(105(95)57-85,67-77(15)25-5)68-78(16)26-6)89-45-53-99-100-54-46-90(62-110(100)115(109(99)61-89,71-81(19)29-9)72-82(20)30-10)88-44-52-98-96-50-42-86(58-106(96)114(108(98)60-88,69-79(17)27-7)70-80(18)28-8)84-40-48-94-92-36-32-34-38-102(92)112(104(94)56-84,65-75(13)23-3)66-76(14)24-4/h31-62,73-82H,21-30,63-72H2,1-20H3/t73-,74-,75-,76-,77-,78-,79-,80-,81-,82-/m0/s1. The second-order valence-electron chi connectivity index (χ2n) is 39.8. The van der Waals surface area contributed by atoms with Gasteiger partial charge in [0.2, 0.25) is 0 Å². The topological polar surface area (TPSA) is 0 Å². The molecule has 115 heavy (non-hydrogen) atoms. The summed E-state index contributed by atoms with van der Waals surface area (Å²) in [6, 6.07) is 81.2. The van der Waals surface area contributed by atoms with Gasteiger partial charge in [-0.25, -0.2) is 0 Å². The highest BCUT2D eigenvalue weighted by Gasteiger charge is 2.51. The number of hydrogen-bond donors (Lipinski definition) is 0. The van der Waals surface area contributed by atoms with Crippen LogP contribution in [0.2, 0.25) is 0 Å². The summed E-state index contributed by atoms with van der Waals surface area (Å²) < 4.78 is 0. The minimum absolute atomic E-state index is 0.00940. The lowest BCUT2D eigenvalue weighted by Crippen LogP contribution is -2.31. The molecule has 0 spiro atoms. The molecule has 0 nitrogen and oxygen atoms in total. The van der Waals surface area contributed by atoms with Crippen molar-refractivity contribution in [1.82, 2.24) is 0 Å². The van der Waals surface area contributed by atoms with Crippen molar-refractivity contribution in [3.8, 4) is 100 Å². The van der Waals surface area contributed by atoms with Crippen molar-refractivity contribution >= 4 is 0 Å². The molecule has 15 rings (SSSR count). The van der Waals surface area contributed by atoms with Crippen molar-refractivity contribution in [1.29, 1.82) is 0 Å². The summed E-state index contributed by atoms with van der Waals surface area (Å²) in [5.41, 5.74) is 40.5. The van der Waals surface area contributed by atoms with Crippen LogP contribution in [-0.2, 0) is 27.1 Å². The first-order valence-corrected chi connectivity index (χ1v) is 46.9. The van der Waals surface area contributed by atoms with Gasteiger partial charge in [-0.2, -0.15) is 0 Å². The Balaban J connectivity index is 0.831. The zero-order chi connectivity index (χ0) is 81.2. The fourth-order valence-electron chi connectivity index (χ4n) is 23.8. The normalized spacial score (nSPS) is 18.1. The zero-order valence-corrected chi connectivity index (χ0v) is 74.9. The molecule has 0 amide bonds. The Bertz CT molecular complexity index is 4800. The van der Waals surface area contributed by atoms with E-state index in [1.807, 2.05) is 0 Å². The quantitative estimate of drug-likeness (QED) is 0.0377. The van der Waals surface area contributed by atoms with Crippen LogP contribution in [0.3, 0.4) is 0 Å². The lowest BCUT2D eigenvalue weighted by atomic mass is 9.65. The highest BCUT2D eigenvalue weighted by Crippen LogP contribution is 2.64. The third-order valence-corrected chi connectivity index (χ3v) is 31.9. The molecule has 5 aliphatic carbocycles. The van der Waals surface area contributed by atoms with Crippen LogP contribution >= 0.6 is 0 Å². The van der Waals surface area contributed by atoms with Crippen LogP contribution < -0.4 is 0 Å². The summed E-state index contributed by atoms with van der Waals surface area (Å²) in [6.07, 6.45) is 23.3. The molecule has 0 aliphatic heterocycles. The molecule has 5 aliphatic rings. The predicted octanol–water partition coefficient (Wildman–Crippen LogP) is 34.0. The van der Waals surface area contributed by atoms with Crippen LogP contribution in [0.5, 0.6) is 0 Å². The van der Waals surface area contributed by atoms with Gasteiger partial charge in [0.25, 0.3) is 0 Å². The molecule has 10 atom stereocenters. The molecule has 0 aromatic heterocycles. The minimum Gasteiger partial charge on any atom is -0.0651 e. The Morgan fingerprint density at radius 1 is 0.157 bits per heavy atom. The second kappa shape index (κ2) is 33.2. The molecule has 0 heteroatoms. The van der Waals surface area contributed by atoms with Crippen molar-refractivity contribution in [2.45, 2.75) is 294 Å². The molecule has 602 valence electrons. The summed E-state index contributed by atoms with van der Waals surface area (Å²) in [6.45, 7) is 49.5. The van der Waals surface area contributed by atoms with Gasteiger partial charge in [-0.3, -0.25) is 0 Å². The Morgan fingerprint density at radius 2 is 0.278 bits per heavy atom. The van der Waals surface area contributed by atoms with Crippen LogP contribution in [0.15, 0.2) is 194 Å². The third-order valence-electron chi connectivity index (χ3n) is 31.9. The third kappa shape index (κ3) is 14.3. The zero-order valence-electron chi connectivity index (χ0n) is 74.9. The van der Waals surface area contributed by atoms with Crippen molar-refractivity contribution in [3.63, 3.8) is 0 Å². The lowest BCUT2D eigenvalue weighted by molar-refractivity contribution is 0.308. The maximum Gasteiger partial charge on any atom is 0.0220 e. The maximum atomic E-state index is 2.73. The first kappa shape index (κ1) is 82.3. The number of rotatable bonds is 34. The highest BCUT2D eigenvalue weighted by atomic mass is 14.5. The molecule has 0 heterocycles. The SMILES string of the molecule is CC[C@H](C)CC1(C[C@@H](C)CC)c2ccccc2-c2ccc(-c3ccc4c(c3)C(C[C@@H](C)CC)(C[C@@H](C)CC)c3cc(-c5ccc6c(c5)C(C[C@@H](C)CC)(C[C@@H](C)CC)c5cc(-c7ccc8c(c7)C(C[C@@H](C)CC)(C[C@@H](C)CC)c7cc(-c9ccc%10c(c9)C(C[C@@H](C)CC)(C[C@@H](C)CC)c9ccccc9-%10)ccc7-8)ccc5-6)ccc3-4)cc21. The fourth-order valence-corrected chi connectivity index (χ4v) is 23.8. The summed E-state index contributed by atoms with van der Waals surface area (Å²) in [7, 11) is 0. The summed E-state index contributed by atoms with van der Waals surface area (Å²) in [5, 5.41) is 0. The van der Waals surface area contributed by atoms with Gasteiger partial charge in [0.15, 0.2) is 0 Å². The monoisotopic (exact) mass is 1520 g/mol. The first-order valence-electron chi connectivity index (χ1n) is 46.9. The minimum atomic E-state index is -0.160.